The second-order valence-electron chi connectivity index (χ2n) is 9.95. The molecule has 7 heteroatoms. The lowest BCUT2D eigenvalue weighted by atomic mass is 9.96. The number of amides is 1. The average molecular weight is 534 g/mol. The molecule has 1 aliphatic heterocycles. The van der Waals surface area contributed by atoms with Gasteiger partial charge in [-0.25, -0.2) is 9.18 Å². The van der Waals surface area contributed by atoms with E-state index in [4.69, 9.17) is 5.26 Å². The molecule has 6 nitrogen and oxygen atoms in total. The Kier molecular flexibility index (Phi) is 7.61. The molecular formula is C33H28FN3O3. The van der Waals surface area contributed by atoms with Crippen LogP contribution in [0.5, 0.6) is 0 Å². The molecule has 0 fully saturated rings. The summed E-state index contributed by atoms with van der Waals surface area (Å²) in [6.07, 6.45) is 1.71. The van der Waals surface area contributed by atoms with Crippen LogP contribution in [-0.2, 0) is 13.0 Å². The molecule has 0 spiro atoms. The number of nitriles is 1. The van der Waals surface area contributed by atoms with Gasteiger partial charge >= 0.3 is 5.97 Å². The van der Waals surface area contributed by atoms with E-state index >= 15 is 4.39 Å². The zero-order valence-corrected chi connectivity index (χ0v) is 22.0. The van der Waals surface area contributed by atoms with Gasteiger partial charge in [-0.1, -0.05) is 42.5 Å². The molecule has 0 unspecified atom stereocenters. The lowest BCUT2D eigenvalue weighted by molar-refractivity contribution is 0.0697. The number of nitrogens with one attached hydrogen (secondary N) is 1. The number of carbonyl (C=O) groups excluding carboxylic acids is 1. The van der Waals surface area contributed by atoms with Crippen molar-refractivity contribution in [2.45, 2.75) is 32.4 Å². The number of benzene rings is 4. The number of carboxylic acid groups (broad SMARTS) is 1. The molecule has 1 heterocycles. The van der Waals surface area contributed by atoms with E-state index in [1.54, 1.807) is 48.5 Å². The van der Waals surface area contributed by atoms with Crippen molar-refractivity contribution in [1.29, 1.82) is 5.26 Å². The monoisotopic (exact) mass is 533 g/mol. The van der Waals surface area contributed by atoms with Crippen LogP contribution < -0.4 is 10.2 Å². The second kappa shape index (κ2) is 11.4. The molecular weight excluding hydrogens is 505 g/mol. The van der Waals surface area contributed by atoms with Gasteiger partial charge in [0.25, 0.3) is 5.91 Å². The third-order valence-electron chi connectivity index (χ3n) is 7.33. The van der Waals surface area contributed by atoms with Crippen molar-refractivity contribution in [2.24, 2.45) is 0 Å². The SMILES string of the molecule is C[C@H](NC(=O)c1ccc2c(c1)CCCN2Cc1ccc(-c2ccccc2C(=O)O)cc1F)c1ccc(C#N)cc1. The van der Waals surface area contributed by atoms with Crippen molar-refractivity contribution >= 4 is 17.6 Å². The number of anilines is 1. The molecule has 1 atom stereocenters. The van der Waals surface area contributed by atoms with Crippen LogP contribution in [0.25, 0.3) is 11.1 Å². The van der Waals surface area contributed by atoms with Crippen LogP contribution in [0, 0.1) is 17.1 Å². The fraction of sp³-hybridized carbons (Fsp3) is 0.182. The molecule has 0 aromatic heterocycles. The van der Waals surface area contributed by atoms with E-state index in [1.807, 2.05) is 31.2 Å². The first-order valence-electron chi connectivity index (χ1n) is 13.1. The summed E-state index contributed by atoms with van der Waals surface area (Å²) in [6.45, 7) is 3.03. The lowest BCUT2D eigenvalue weighted by Gasteiger charge is -2.32. The number of fused-ring (bicyclic) bond motifs is 1. The van der Waals surface area contributed by atoms with Gasteiger partial charge in [0, 0.05) is 29.9 Å². The van der Waals surface area contributed by atoms with Crippen LogP contribution in [0.15, 0.2) is 84.9 Å². The van der Waals surface area contributed by atoms with Crippen LogP contribution in [0.1, 0.15) is 62.4 Å². The van der Waals surface area contributed by atoms with E-state index in [0.29, 0.717) is 34.4 Å². The van der Waals surface area contributed by atoms with E-state index in [0.717, 1.165) is 36.2 Å². The van der Waals surface area contributed by atoms with E-state index < -0.39 is 11.8 Å². The standard InChI is InChI=1S/C33H28FN3O3/c1-21(23-10-8-22(19-35)9-11-23)36-32(38)26-14-15-31-25(17-26)5-4-16-37(31)20-27-13-12-24(18-30(27)34)28-6-2-3-7-29(28)33(39)40/h2-3,6-15,17-18,21H,4-5,16,20H2,1H3,(H,36,38)(H,39,40)/t21-/m0/s1. The average Bonchev–Trinajstić information content (AvgIpc) is 2.98. The molecule has 2 N–H and O–H groups in total. The topological polar surface area (TPSA) is 93.4 Å². The summed E-state index contributed by atoms with van der Waals surface area (Å²) in [4.78, 5) is 26.7. The number of aromatic carboxylic acids is 1. The van der Waals surface area contributed by atoms with Gasteiger partial charge < -0.3 is 15.3 Å². The number of hydrogen-bond donors (Lipinski definition) is 2. The number of rotatable bonds is 7. The highest BCUT2D eigenvalue weighted by Crippen LogP contribution is 2.31. The quantitative estimate of drug-likeness (QED) is 0.283. The van der Waals surface area contributed by atoms with Crippen LogP contribution in [0.4, 0.5) is 10.1 Å². The molecule has 0 bridgehead atoms. The highest BCUT2D eigenvalue weighted by molar-refractivity contribution is 5.96. The maximum Gasteiger partial charge on any atom is 0.336 e. The highest BCUT2D eigenvalue weighted by atomic mass is 19.1. The minimum absolute atomic E-state index is 0.130. The number of hydrogen-bond acceptors (Lipinski definition) is 4. The number of carbonyl (C=O) groups is 2. The molecule has 0 radical (unpaired) electrons. The number of nitrogens with zero attached hydrogens (tertiary/aromatic N) is 2. The Morgan fingerprint density at radius 2 is 1.82 bits per heavy atom. The van der Waals surface area contributed by atoms with Crippen molar-refractivity contribution in [3.63, 3.8) is 0 Å². The van der Waals surface area contributed by atoms with Crippen molar-refractivity contribution in [2.75, 3.05) is 11.4 Å². The van der Waals surface area contributed by atoms with Crippen LogP contribution >= 0.6 is 0 Å². The summed E-state index contributed by atoms with van der Waals surface area (Å²) < 4.78 is 15.2. The fourth-order valence-electron chi connectivity index (χ4n) is 5.16. The van der Waals surface area contributed by atoms with E-state index in [2.05, 4.69) is 16.3 Å². The van der Waals surface area contributed by atoms with Gasteiger partial charge in [-0.2, -0.15) is 5.26 Å². The Hall–Kier alpha value is -4.96. The van der Waals surface area contributed by atoms with Crippen molar-refractivity contribution in [1.82, 2.24) is 5.32 Å². The summed E-state index contributed by atoms with van der Waals surface area (Å²) in [5.74, 6) is -1.63. The van der Waals surface area contributed by atoms with Crippen LogP contribution in [0.2, 0.25) is 0 Å². The Bertz CT molecular complexity index is 1630. The molecule has 40 heavy (non-hydrogen) atoms. The summed E-state index contributed by atoms with van der Waals surface area (Å²) >= 11 is 0. The summed E-state index contributed by atoms with van der Waals surface area (Å²) in [6, 6.07) is 26.1. The van der Waals surface area contributed by atoms with Gasteiger partial charge in [0.15, 0.2) is 0 Å². The molecule has 0 saturated carbocycles. The van der Waals surface area contributed by atoms with E-state index in [1.165, 1.54) is 12.1 Å². The van der Waals surface area contributed by atoms with Crippen LogP contribution in [0.3, 0.4) is 0 Å². The molecule has 5 rings (SSSR count). The molecule has 4 aromatic rings. The van der Waals surface area contributed by atoms with Gasteiger partial charge in [-0.3, -0.25) is 4.79 Å². The van der Waals surface area contributed by atoms with E-state index in [9.17, 15) is 14.7 Å². The Morgan fingerprint density at radius 3 is 2.55 bits per heavy atom. The maximum absolute atomic E-state index is 15.2. The summed E-state index contributed by atoms with van der Waals surface area (Å²) in [5.41, 5.74) is 5.70. The first-order valence-corrected chi connectivity index (χ1v) is 13.1. The largest absolute Gasteiger partial charge is 0.478 e. The van der Waals surface area contributed by atoms with Gasteiger partial charge in [0.05, 0.1) is 23.2 Å². The Labute approximate surface area is 232 Å². The fourth-order valence-corrected chi connectivity index (χ4v) is 5.16. The minimum Gasteiger partial charge on any atom is -0.478 e. The molecule has 4 aromatic carbocycles. The Balaban J connectivity index is 1.31. The molecule has 1 amide bonds. The van der Waals surface area contributed by atoms with Gasteiger partial charge in [0.1, 0.15) is 5.82 Å². The predicted octanol–water partition coefficient (Wildman–Crippen LogP) is 6.51. The summed E-state index contributed by atoms with van der Waals surface area (Å²) in [7, 11) is 0. The molecule has 1 aliphatic rings. The normalized spacial score (nSPS) is 13.2. The highest BCUT2D eigenvalue weighted by Gasteiger charge is 2.21. The number of halogens is 1. The van der Waals surface area contributed by atoms with Crippen molar-refractivity contribution < 1.29 is 19.1 Å². The minimum atomic E-state index is -1.05. The molecule has 0 saturated heterocycles. The van der Waals surface area contributed by atoms with Crippen LogP contribution in [-0.4, -0.2) is 23.5 Å². The maximum atomic E-state index is 15.2. The second-order valence-corrected chi connectivity index (χ2v) is 9.95. The molecule has 200 valence electrons. The van der Waals surface area contributed by atoms with Gasteiger partial charge in [-0.05, 0) is 84.5 Å². The zero-order chi connectivity index (χ0) is 28.2. The van der Waals surface area contributed by atoms with E-state index in [-0.39, 0.29) is 17.5 Å². The molecule has 0 aliphatic carbocycles. The predicted molar refractivity (Wildman–Crippen MR) is 152 cm³/mol. The number of carboxylic acids is 1. The van der Waals surface area contributed by atoms with Gasteiger partial charge in [-0.15, -0.1) is 0 Å². The van der Waals surface area contributed by atoms with Crippen molar-refractivity contribution in [3.05, 3.63) is 124 Å². The lowest BCUT2D eigenvalue weighted by Crippen LogP contribution is -2.30. The first-order chi connectivity index (χ1) is 19.3. The number of aryl methyl sites for hydroxylation is 1. The zero-order valence-electron chi connectivity index (χ0n) is 22.0. The smallest absolute Gasteiger partial charge is 0.336 e. The van der Waals surface area contributed by atoms with Crippen molar-refractivity contribution in [3.8, 4) is 17.2 Å². The third-order valence-corrected chi connectivity index (χ3v) is 7.33. The first kappa shape index (κ1) is 26.6. The Morgan fingerprint density at radius 1 is 1.05 bits per heavy atom. The third kappa shape index (κ3) is 5.57. The van der Waals surface area contributed by atoms with Gasteiger partial charge in [0.2, 0.25) is 0 Å². The summed E-state index contributed by atoms with van der Waals surface area (Å²) in [5, 5.41) is 21.5.